The second kappa shape index (κ2) is 4.87. The molecule has 8 heteroatoms. The number of hydrogen-bond donors (Lipinski definition) is 1. The Bertz CT molecular complexity index is 511. The van der Waals surface area contributed by atoms with Crippen molar-refractivity contribution in [2.24, 2.45) is 0 Å². The van der Waals surface area contributed by atoms with Crippen molar-refractivity contribution in [2.45, 2.75) is 12.6 Å². The third kappa shape index (κ3) is 3.01. The van der Waals surface area contributed by atoms with Crippen LogP contribution in [-0.2, 0) is 0 Å². The Morgan fingerprint density at radius 3 is 2.47 bits per heavy atom. The Hall–Kier alpha value is -2.12. The summed E-state index contributed by atoms with van der Waals surface area (Å²) in [5, 5.41) is 8.66. The largest absolute Gasteiger partial charge is 0.476 e. The van der Waals surface area contributed by atoms with E-state index in [0.29, 0.717) is 5.82 Å². The summed E-state index contributed by atoms with van der Waals surface area (Å²) in [5.41, 5.74) is -0.744. The van der Waals surface area contributed by atoms with Crippen LogP contribution in [0.25, 0.3) is 0 Å². The highest BCUT2D eigenvalue weighted by Gasteiger charge is 2.34. The van der Waals surface area contributed by atoms with Gasteiger partial charge in [-0.2, -0.15) is 13.2 Å². The van der Waals surface area contributed by atoms with E-state index >= 15 is 0 Å². The highest BCUT2D eigenvalue weighted by Crippen LogP contribution is 2.30. The number of carbonyl (C=O) groups is 1. The molecule has 0 saturated carbocycles. The molecule has 0 spiro atoms. The number of carboxylic acids is 1. The van der Waals surface area contributed by atoms with Gasteiger partial charge in [0.25, 0.3) is 0 Å². The highest BCUT2D eigenvalue weighted by atomic mass is 19.4. The van der Waals surface area contributed by atoms with Gasteiger partial charge >= 0.3 is 12.1 Å². The molecule has 0 bridgehead atoms. The topological polar surface area (TPSA) is 66.3 Å². The summed E-state index contributed by atoms with van der Waals surface area (Å²) in [6.45, 7) is 0.252. The molecule has 0 saturated heterocycles. The van der Waals surface area contributed by atoms with E-state index in [4.69, 9.17) is 5.11 Å². The summed E-state index contributed by atoms with van der Waals surface area (Å²) in [6.07, 6.45) is -0.969. The number of anilines is 1. The van der Waals surface area contributed by atoms with Crippen molar-refractivity contribution in [3.05, 3.63) is 29.7 Å². The van der Waals surface area contributed by atoms with Gasteiger partial charge in [-0.1, -0.05) is 6.08 Å². The first-order valence-corrected chi connectivity index (χ1v) is 5.44. The molecule has 0 amide bonds. The van der Waals surface area contributed by atoms with Crippen LogP contribution >= 0.6 is 0 Å². The molecule has 0 atom stereocenters. The van der Waals surface area contributed by atoms with Crippen molar-refractivity contribution < 1.29 is 23.1 Å². The van der Waals surface area contributed by atoms with E-state index < -0.39 is 17.7 Å². The highest BCUT2D eigenvalue weighted by molar-refractivity contribution is 5.84. The van der Waals surface area contributed by atoms with Gasteiger partial charge in [-0.05, 0) is 6.42 Å². The molecule has 102 valence electrons. The van der Waals surface area contributed by atoms with Gasteiger partial charge in [-0.25, -0.2) is 14.8 Å². The molecule has 1 N–H and O–H groups in total. The fourth-order valence-electron chi connectivity index (χ4n) is 1.73. The minimum Gasteiger partial charge on any atom is -0.476 e. The van der Waals surface area contributed by atoms with Crippen LogP contribution in [-0.4, -0.2) is 40.3 Å². The van der Waals surface area contributed by atoms with Gasteiger partial charge in [0, 0.05) is 18.7 Å². The second-order valence-corrected chi connectivity index (χ2v) is 3.99. The molecule has 0 unspecified atom stereocenters. The number of nitrogens with zero attached hydrogens (tertiary/aromatic N) is 3. The van der Waals surface area contributed by atoms with Crippen LogP contribution in [0, 0.1) is 0 Å². The van der Waals surface area contributed by atoms with Crippen LogP contribution in [0.3, 0.4) is 0 Å². The SMILES string of the molecule is O=C(O)c1cnc(N2CC=C(C(F)(F)F)CC2)cn1. The lowest BCUT2D eigenvalue weighted by Crippen LogP contribution is -2.32. The van der Waals surface area contributed by atoms with Crippen LogP contribution in [0.15, 0.2) is 24.0 Å². The standard InChI is InChI=1S/C11H10F3N3O2/c12-11(13,14)7-1-3-17(4-2-7)9-6-15-8(5-16-9)10(18)19/h1,5-6H,2-4H2,(H,18,19). The predicted octanol–water partition coefficient (Wildman–Crippen LogP) is 1.87. The van der Waals surface area contributed by atoms with E-state index in [9.17, 15) is 18.0 Å². The molecule has 0 radical (unpaired) electrons. The Morgan fingerprint density at radius 2 is 2.05 bits per heavy atom. The van der Waals surface area contributed by atoms with E-state index in [1.165, 1.54) is 6.20 Å². The zero-order valence-electron chi connectivity index (χ0n) is 9.68. The van der Waals surface area contributed by atoms with Gasteiger partial charge < -0.3 is 10.0 Å². The van der Waals surface area contributed by atoms with E-state index in [-0.39, 0.29) is 25.2 Å². The van der Waals surface area contributed by atoms with Crippen molar-refractivity contribution in [3.8, 4) is 0 Å². The van der Waals surface area contributed by atoms with Crippen molar-refractivity contribution in [2.75, 3.05) is 18.0 Å². The molecule has 2 heterocycles. The number of aromatic carboxylic acids is 1. The third-order valence-electron chi connectivity index (χ3n) is 2.75. The maximum absolute atomic E-state index is 12.4. The lowest BCUT2D eigenvalue weighted by atomic mass is 10.1. The summed E-state index contributed by atoms with van der Waals surface area (Å²) in [7, 11) is 0. The quantitative estimate of drug-likeness (QED) is 0.833. The molecule has 1 aliphatic heterocycles. The predicted molar refractivity (Wildman–Crippen MR) is 60.0 cm³/mol. The smallest absolute Gasteiger partial charge is 0.412 e. The van der Waals surface area contributed by atoms with Crippen molar-refractivity contribution in [1.82, 2.24) is 9.97 Å². The van der Waals surface area contributed by atoms with E-state index in [1.54, 1.807) is 4.90 Å². The normalized spacial score (nSPS) is 16.2. The molecule has 1 aromatic rings. The maximum atomic E-state index is 12.4. The van der Waals surface area contributed by atoms with Crippen molar-refractivity contribution in [1.29, 1.82) is 0 Å². The van der Waals surface area contributed by atoms with Gasteiger partial charge in [0.2, 0.25) is 0 Å². The monoisotopic (exact) mass is 273 g/mol. The zero-order chi connectivity index (χ0) is 14.0. The number of aromatic nitrogens is 2. The molecule has 0 fully saturated rings. The van der Waals surface area contributed by atoms with E-state index in [2.05, 4.69) is 9.97 Å². The molecule has 0 aromatic carbocycles. The number of halogens is 3. The first-order chi connectivity index (χ1) is 8.88. The second-order valence-electron chi connectivity index (χ2n) is 3.99. The van der Waals surface area contributed by atoms with E-state index in [0.717, 1.165) is 12.3 Å². The fourth-order valence-corrected chi connectivity index (χ4v) is 1.73. The Morgan fingerprint density at radius 1 is 1.32 bits per heavy atom. The van der Waals surface area contributed by atoms with Gasteiger partial charge in [0.15, 0.2) is 5.69 Å². The fraction of sp³-hybridized carbons (Fsp3) is 0.364. The Balaban J connectivity index is 2.09. The first kappa shape index (κ1) is 13.3. The molecular formula is C11H10F3N3O2. The lowest BCUT2D eigenvalue weighted by Gasteiger charge is -2.27. The average molecular weight is 273 g/mol. The summed E-state index contributed by atoms with van der Waals surface area (Å²) in [5.74, 6) is -0.834. The minimum absolute atomic E-state index is 0.0793. The third-order valence-corrected chi connectivity index (χ3v) is 2.75. The number of rotatable bonds is 2. The van der Waals surface area contributed by atoms with Crippen LogP contribution in [0.2, 0.25) is 0 Å². The van der Waals surface area contributed by atoms with Crippen molar-refractivity contribution >= 4 is 11.8 Å². The van der Waals surface area contributed by atoms with Crippen LogP contribution in [0.1, 0.15) is 16.9 Å². The van der Waals surface area contributed by atoms with Crippen LogP contribution in [0.4, 0.5) is 19.0 Å². The minimum atomic E-state index is -4.29. The molecule has 2 rings (SSSR count). The molecule has 1 aliphatic rings. The molecule has 5 nitrogen and oxygen atoms in total. The number of hydrogen-bond acceptors (Lipinski definition) is 4. The van der Waals surface area contributed by atoms with E-state index in [1.807, 2.05) is 0 Å². The first-order valence-electron chi connectivity index (χ1n) is 5.44. The summed E-state index contributed by atoms with van der Waals surface area (Å²) in [6, 6.07) is 0. The van der Waals surface area contributed by atoms with Crippen molar-refractivity contribution in [3.63, 3.8) is 0 Å². The van der Waals surface area contributed by atoms with Gasteiger partial charge in [-0.15, -0.1) is 0 Å². The zero-order valence-corrected chi connectivity index (χ0v) is 9.68. The van der Waals surface area contributed by atoms with Crippen LogP contribution < -0.4 is 4.90 Å². The summed E-state index contributed by atoms with van der Waals surface area (Å²) in [4.78, 5) is 19.8. The average Bonchev–Trinajstić information content (AvgIpc) is 2.38. The molecular weight excluding hydrogens is 263 g/mol. The van der Waals surface area contributed by atoms with Gasteiger partial charge in [0.05, 0.1) is 12.4 Å². The summed E-state index contributed by atoms with van der Waals surface area (Å²) >= 11 is 0. The summed E-state index contributed by atoms with van der Waals surface area (Å²) < 4.78 is 37.3. The Labute approximate surface area is 106 Å². The number of carboxylic acid groups (broad SMARTS) is 1. The molecule has 19 heavy (non-hydrogen) atoms. The maximum Gasteiger partial charge on any atom is 0.412 e. The molecule has 0 aliphatic carbocycles. The molecule has 1 aromatic heterocycles. The van der Waals surface area contributed by atoms with Crippen LogP contribution in [0.5, 0.6) is 0 Å². The Kier molecular flexibility index (Phi) is 3.41. The number of alkyl halides is 3. The van der Waals surface area contributed by atoms with Gasteiger partial charge in [-0.3, -0.25) is 0 Å². The lowest BCUT2D eigenvalue weighted by molar-refractivity contribution is -0.0944. The van der Waals surface area contributed by atoms with Gasteiger partial charge in [0.1, 0.15) is 5.82 Å².